The molecule has 1 aromatic carbocycles. The highest BCUT2D eigenvalue weighted by Crippen LogP contribution is 2.43. The van der Waals surface area contributed by atoms with Gasteiger partial charge in [-0.15, -0.1) is 11.6 Å². The molecule has 0 unspecified atom stereocenters. The molecule has 17 heavy (non-hydrogen) atoms. The van der Waals surface area contributed by atoms with Crippen LogP contribution in [0.15, 0.2) is 24.3 Å². The van der Waals surface area contributed by atoms with Crippen LogP contribution in [-0.2, 0) is 10.2 Å². The second-order valence-electron chi connectivity index (χ2n) is 4.55. The monoisotopic (exact) mass is 255 g/mol. The standard InChI is InChI=1S/C13H15ClFNO/c14-8-12(17)16-9-13(5-2-6-13)10-3-1-4-11(15)7-10/h1,3-4,7H,2,5-6,8-9H2,(H,16,17). The molecule has 2 nitrogen and oxygen atoms in total. The van der Waals surface area contributed by atoms with Gasteiger partial charge < -0.3 is 5.32 Å². The maximum atomic E-state index is 13.2. The normalized spacial score (nSPS) is 17.3. The molecule has 0 radical (unpaired) electrons. The van der Waals surface area contributed by atoms with E-state index in [4.69, 9.17) is 11.6 Å². The number of halogens is 2. The highest BCUT2D eigenvalue weighted by molar-refractivity contribution is 6.27. The molecule has 1 fully saturated rings. The van der Waals surface area contributed by atoms with Crippen molar-refractivity contribution in [2.45, 2.75) is 24.7 Å². The van der Waals surface area contributed by atoms with E-state index in [0.717, 1.165) is 24.8 Å². The number of amides is 1. The van der Waals surface area contributed by atoms with E-state index in [-0.39, 0.29) is 23.0 Å². The van der Waals surface area contributed by atoms with E-state index < -0.39 is 0 Å². The van der Waals surface area contributed by atoms with E-state index in [1.165, 1.54) is 6.07 Å². The first kappa shape index (κ1) is 12.4. The molecule has 1 aliphatic rings. The lowest BCUT2D eigenvalue weighted by molar-refractivity contribution is -0.119. The van der Waals surface area contributed by atoms with Crippen molar-refractivity contribution in [3.63, 3.8) is 0 Å². The molecule has 1 aromatic rings. The van der Waals surface area contributed by atoms with Crippen molar-refractivity contribution in [1.82, 2.24) is 5.32 Å². The smallest absolute Gasteiger partial charge is 0.234 e. The Hall–Kier alpha value is -1.09. The van der Waals surface area contributed by atoms with Crippen molar-refractivity contribution in [3.05, 3.63) is 35.6 Å². The summed E-state index contributed by atoms with van der Waals surface area (Å²) in [6, 6.07) is 6.64. The molecule has 0 bridgehead atoms. The Labute approximate surface area is 105 Å². The van der Waals surface area contributed by atoms with Gasteiger partial charge in [0.25, 0.3) is 0 Å². The molecule has 4 heteroatoms. The highest BCUT2D eigenvalue weighted by atomic mass is 35.5. The van der Waals surface area contributed by atoms with Gasteiger partial charge in [0.05, 0.1) is 0 Å². The van der Waals surface area contributed by atoms with Gasteiger partial charge in [-0.1, -0.05) is 18.6 Å². The van der Waals surface area contributed by atoms with E-state index in [2.05, 4.69) is 5.32 Å². The summed E-state index contributed by atoms with van der Waals surface area (Å²) < 4.78 is 13.2. The van der Waals surface area contributed by atoms with Gasteiger partial charge in [0.15, 0.2) is 0 Å². The number of benzene rings is 1. The second kappa shape index (κ2) is 5.05. The third-order valence-electron chi connectivity index (χ3n) is 3.49. The van der Waals surface area contributed by atoms with Crippen LogP contribution in [0, 0.1) is 5.82 Å². The van der Waals surface area contributed by atoms with Crippen LogP contribution >= 0.6 is 11.6 Å². The minimum atomic E-state index is -0.225. The first-order valence-electron chi connectivity index (χ1n) is 5.75. The Kier molecular flexibility index (Phi) is 3.67. The number of carbonyl (C=O) groups excluding carboxylic acids is 1. The average molecular weight is 256 g/mol. The number of hydrogen-bond acceptors (Lipinski definition) is 1. The molecule has 0 atom stereocenters. The fourth-order valence-electron chi connectivity index (χ4n) is 2.30. The van der Waals surface area contributed by atoms with Crippen LogP contribution in [0.1, 0.15) is 24.8 Å². The summed E-state index contributed by atoms with van der Waals surface area (Å²) in [5.41, 5.74) is 0.878. The van der Waals surface area contributed by atoms with Gasteiger partial charge in [-0.25, -0.2) is 4.39 Å². The SMILES string of the molecule is O=C(CCl)NCC1(c2cccc(F)c2)CCC1. The third-order valence-corrected chi connectivity index (χ3v) is 3.74. The number of alkyl halides is 1. The fourth-order valence-corrected chi connectivity index (χ4v) is 2.40. The summed E-state index contributed by atoms with van der Waals surface area (Å²) in [4.78, 5) is 11.2. The maximum Gasteiger partial charge on any atom is 0.234 e. The largest absolute Gasteiger partial charge is 0.354 e. The van der Waals surface area contributed by atoms with Gasteiger partial charge in [0.1, 0.15) is 11.7 Å². The van der Waals surface area contributed by atoms with Crippen LogP contribution in [0.3, 0.4) is 0 Å². The van der Waals surface area contributed by atoms with Crippen LogP contribution in [0.4, 0.5) is 4.39 Å². The lowest BCUT2D eigenvalue weighted by Gasteiger charge is -2.42. The molecular weight excluding hydrogens is 241 g/mol. The molecule has 1 amide bonds. The van der Waals surface area contributed by atoms with Gasteiger partial charge in [0.2, 0.25) is 5.91 Å². The van der Waals surface area contributed by atoms with Crippen LogP contribution in [0.25, 0.3) is 0 Å². The lowest BCUT2D eigenvalue weighted by atomic mass is 9.64. The van der Waals surface area contributed by atoms with E-state index in [1.54, 1.807) is 12.1 Å². The number of rotatable bonds is 4. The summed E-state index contributed by atoms with van der Waals surface area (Å²) in [6.45, 7) is 0.544. The Morgan fingerprint density at radius 2 is 2.24 bits per heavy atom. The molecule has 0 aliphatic heterocycles. The number of hydrogen-bond donors (Lipinski definition) is 1. The molecule has 0 spiro atoms. The average Bonchev–Trinajstić information content (AvgIpc) is 2.27. The van der Waals surface area contributed by atoms with Crippen molar-refractivity contribution >= 4 is 17.5 Å². The third kappa shape index (κ3) is 2.60. The quantitative estimate of drug-likeness (QED) is 0.824. The number of carbonyl (C=O) groups is 1. The predicted octanol–water partition coefficient (Wildman–Crippen LogP) is 2.60. The molecule has 0 heterocycles. The molecule has 1 saturated carbocycles. The van der Waals surface area contributed by atoms with Crippen LogP contribution < -0.4 is 5.32 Å². The number of nitrogens with one attached hydrogen (secondary N) is 1. The molecule has 0 saturated heterocycles. The first-order valence-corrected chi connectivity index (χ1v) is 6.28. The molecule has 92 valence electrons. The molecule has 0 aromatic heterocycles. The highest BCUT2D eigenvalue weighted by Gasteiger charge is 2.38. The zero-order valence-corrected chi connectivity index (χ0v) is 10.3. The minimum absolute atomic E-state index is 0.0285. The summed E-state index contributed by atoms with van der Waals surface area (Å²) in [5, 5.41) is 2.80. The Morgan fingerprint density at radius 1 is 1.47 bits per heavy atom. The minimum Gasteiger partial charge on any atom is -0.354 e. The Balaban J connectivity index is 2.11. The summed E-state index contributed by atoms with van der Waals surface area (Å²) in [5.74, 6) is -0.425. The van der Waals surface area contributed by atoms with Crippen LogP contribution in [0.5, 0.6) is 0 Å². The molecule has 1 N–H and O–H groups in total. The zero-order valence-electron chi connectivity index (χ0n) is 9.51. The fraction of sp³-hybridized carbons (Fsp3) is 0.462. The first-order chi connectivity index (χ1) is 8.16. The van der Waals surface area contributed by atoms with Crippen molar-refractivity contribution in [2.75, 3.05) is 12.4 Å². The van der Waals surface area contributed by atoms with Crippen LogP contribution in [-0.4, -0.2) is 18.3 Å². The van der Waals surface area contributed by atoms with Gasteiger partial charge in [-0.05, 0) is 30.5 Å². The molecule has 1 aliphatic carbocycles. The van der Waals surface area contributed by atoms with Gasteiger partial charge >= 0.3 is 0 Å². The summed E-state index contributed by atoms with van der Waals surface area (Å²) >= 11 is 5.44. The summed E-state index contributed by atoms with van der Waals surface area (Å²) in [7, 11) is 0. The molecular formula is C13H15ClFNO. The van der Waals surface area contributed by atoms with Crippen LogP contribution in [0.2, 0.25) is 0 Å². The van der Waals surface area contributed by atoms with Crippen molar-refractivity contribution in [1.29, 1.82) is 0 Å². The topological polar surface area (TPSA) is 29.1 Å². The van der Waals surface area contributed by atoms with E-state index in [1.807, 2.05) is 6.07 Å². The maximum absolute atomic E-state index is 13.2. The van der Waals surface area contributed by atoms with Crippen molar-refractivity contribution in [3.8, 4) is 0 Å². The van der Waals surface area contributed by atoms with Gasteiger partial charge in [0, 0.05) is 12.0 Å². The lowest BCUT2D eigenvalue weighted by Crippen LogP contribution is -2.45. The van der Waals surface area contributed by atoms with Gasteiger partial charge in [-0.3, -0.25) is 4.79 Å². The van der Waals surface area contributed by atoms with E-state index >= 15 is 0 Å². The van der Waals surface area contributed by atoms with Gasteiger partial charge in [-0.2, -0.15) is 0 Å². The van der Waals surface area contributed by atoms with E-state index in [9.17, 15) is 9.18 Å². The summed E-state index contributed by atoms with van der Waals surface area (Å²) in [6.07, 6.45) is 3.09. The van der Waals surface area contributed by atoms with Crippen molar-refractivity contribution in [2.24, 2.45) is 0 Å². The Bertz CT molecular complexity index is 418. The Morgan fingerprint density at radius 3 is 2.76 bits per heavy atom. The molecule has 2 rings (SSSR count). The second-order valence-corrected chi connectivity index (χ2v) is 4.82. The predicted molar refractivity (Wildman–Crippen MR) is 65.7 cm³/mol. The zero-order chi connectivity index (χ0) is 12.3. The van der Waals surface area contributed by atoms with E-state index in [0.29, 0.717) is 6.54 Å². The van der Waals surface area contributed by atoms with Crippen molar-refractivity contribution < 1.29 is 9.18 Å².